The van der Waals surface area contributed by atoms with E-state index in [1.54, 1.807) is 16.6 Å². The molecular formula is C24H19ClN6O2. The molecule has 0 saturated heterocycles. The van der Waals surface area contributed by atoms with Crippen LogP contribution in [0.4, 0.5) is 5.69 Å². The number of nitrogens with zero attached hydrogens (tertiary/aromatic N) is 5. The number of pyridine rings is 1. The SMILES string of the molecule is Cc1cc([C@@H](C)Nc2ccc(Cl)nc2C(=O)O)c2nc(-c3ccccc3)n3ncnc3c2c1. The van der Waals surface area contributed by atoms with E-state index >= 15 is 0 Å². The molecule has 164 valence electrons. The Morgan fingerprint density at radius 1 is 1.12 bits per heavy atom. The number of carboxylic acid groups (broad SMARTS) is 1. The lowest BCUT2D eigenvalue weighted by molar-refractivity contribution is 0.0691. The molecule has 0 amide bonds. The van der Waals surface area contributed by atoms with Crippen molar-refractivity contribution in [1.82, 2.24) is 24.6 Å². The number of nitrogens with one attached hydrogen (secondary N) is 1. The molecule has 9 heteroatoms. The maximum atomic E-state index is 11.7. The Balaban J connectivity index is 1.70. The number of benzene rings is 2. The fourth-order valence-electron chi connectivity index (χ4n) is 3.97. The molecule has 5 rings (SSSR count). The molecule has 5 aromatic rings. The van der Waals surface area contributed by atoms with Crippen molar-refractivity contribution in [3.05, 3.63) is 82.9 Å². The van der Waals surface area contributed by atoms with Crippen molar-refractivity contribution in [3.8, 4) is 11.4 Å². The summed E-state index contributed by atoms with van der Waals surface area (Å²) in [5.74, 6) is -0.483. The number of hydrogen-bond acceptors (Lipinski definition) is 6. The molecule has 2 aromatic carbocycles. The minimum Gasteiger partial charge on any atom is -0.476 e. The van der Waals surface area contributed by atoms with Crippen molar-refractivity contribution in [2.45, 2.75) is 19.9 Å². The predicted octanol–water partition coefficient (Wildman–Crippen LogP) is 5.17. The van der Waals surface area contributed by atoms with Crippen LogP contribution in [0.1, 0.15) is 34.6 Å². The lowest BCUT2D eigenvalue weighted by Crippen LogP contribution is -2.13. The summed E-state index contributed by atoms with van der Waals surface area (Å²) >= 11 is 5.91. The van der Waals surface area contributed by atoms with Crippen LogP contribution >= 0.6 is 11.6 Å². The fourth-order valence-corrected chi connectivity index (χ4v) is 4.11. The summed E-state index contributed by atoms with van der Waals surface area (Å²) in [4.78, 5) is 25.1. The Labute approximate surface area is 193 Å². The van der Waals surface area contributed by atoms with Crippen LogP contribution in [0.3, 0.4) is 0 Å². The Morgan fingerprint density at radius 3 is 2.67 bits per heavy atom. The van der Waals surface area contributed by atoms with Crippen molar-refractivity contribution in [2.75, 3.05) is 5.32 Å². The number of aromatic carboxylic acids is 1. The summed E-state index contributed by atoms with van der Waals surface area (Å²) in [6.45, 7) is 3.95. The summed E-state index contributed by atoms with van der Waals surface area (Å²) in [5.41, 5.74) is 4.55. The highest BCUT2D eigenvalue weighted by atomic mass is 35.5. The average Bonchev–Trinajstić information content (AvgIpc) is 3.30. The van der Waals surface area contributed by atoms with E-state index in [1.165, 1.54) is 6.33 Å². The molecule has 3 aromatic heterocycles. The minimum atomic E-state index is -1.16. The third-order valence-electron chi connectivity index (χ3n) is 5.43. The van der Waals surface area contributed by atoms with Crippen LogP contribution < -0.4 is 5.32 Å². The van der Waals surface area contributed by atoms with Gasteiger partial charge in [0.05, 0.1) is 17.2 Å². The first-order valence-corrected chi connectivity index (χ1v) is 10.7. The number of halogens is 1. The van der Waals surface area contributed by atoms with Gasteiger partial charge < -0.3 is 10.4 Å². The van der Waals surface area contributed by atoms with E-state index in [0.29, 0.717) is 17.2 Å². The highest BCUT2D eigenvalue weighted by Crippen LogP contribution is 2.32. The smallest absolute Gasteiger partial charge is 0.356 e. The van der Waals surface area contributed by atoms with Gasteiger partial charge in [0.15, 0.2) is 17.2 Å². The van der Waals surface area contributed by atoms with E-state index < -0.39 is 5.97 Å². The third-order valence-corrected chi connectivity index (χ3v) is 5.64. The van der Waals surface area contributed by atoms with Gasteiger partial charge in [0.25, 0.3) is 0 Å². The molecule has 0 spiro atoms. The molecule has 0 bridgehead atoms. The molecule has 1 atom stereocenters. The van der Waals surface area contributed by atoms with Gasteiger partial charge in [-0.1, -0.05) is 48.0 Å². The van der Waals surface area contributed by atoms with Crippen LogP contribution in [-0.2, 0) is 0 Å². The first-order chi connectivity index (χ1) is 15.9. The maximum absolute atomic E-state index is 11.7. The molecule has 0 saturated carbocycles. The van der Waals surface area contributed by atoms with E-state index in [1.807, 2.05) is 56.3 Å². The molecule has 0 fully saturated rings. The van der Waals surface area contributed by atoms with Gasteiger partial charge in [-0.2, -0.15) is 9.61 Å². The number of anilines is 1. The molecule has 33 heavy (non-hydrogen) atoms. The second-order valence-corrected chi connectivity index (χ2v) is 8.14. The number of aromatic nitrogens is 5. The second-order valence-electron chi connectivity index (χ2n) is 7.75. The Kier molecular flexibility index (Phi) is 5.14. The number of hydrogen-bond donors (Lipinski definition) is 2. The Bertz CT molecular complexity index is 1520. The summed E-state index contributed by atoms with van der Waals surface area (Å²) in [6.07, 6.45) is 1.52. The van der Waals surface area contributed by atoms with E-state index in [4.69, 9.17) is 16.6 Å². The number of aryl methyl sites for hydroxylation is 1. The number of fused-ring (bicyclic) bond motifs is 3. The van der Waals surface area contributed by atoms with E-state index in [-0.39, 0.29) is 16.9 Å². The second kappa shape index (κ2) is 8.14. The quantitative estimate of drug-likeness (QED) is 0.350. The van der Waals surface area contributed by atoms with Crippen molar-refractivity contribution in [2.24, 2.45) is 0 Å². The molecular weight excluding hydrogens is 440 g/mol. The Morgan fingerprint density at radius 2 is 1.91 bits per heavy atom. The van der Waals surface area contributed by atoms with Crippen LogP contribution in [-0.4, -0.2) is 35.6 Å². The van der Waals surface area contributed by atoms with E-state index in [9.17, 15) is 9.90 Å². The van der Waals surface area contributed by atoms with Gasteiger partial charge in [0, 0.05) is 16.5 Å². The zero-order valence-electron chi connectivity index (χ0n) is 17.8. The maximum Gasteiger partial charge on any atom is 0.356 e. The van der Waals surface area contributed by atoms with Crippen molar-refractivity contribution in [1.29, 1.82) is 0 Å². The molecule has 0 aliphatic heterocycles. The summed E-state index contributed by atoms with van der Waals surface area (Å²) in [6, 6.07) is 16.8. The first-order valence-electron chi connectivity index (χ1n) is 10.3. The molecule has 2 N–H and O–H groups in total. The van der Waals surface area contributed by atoms with Crippen LogP contribution in [0.5, 0.6) is 0 Å². The third kappa shape index (κ3) is 3.74. The fraction of sp³-hybridized carbons (Fsp3) is 0.125. The van der Waals surface area contributed by atoms with Gasteiger partial charge in [-0.05, 0) is 37.6 Å². The van der Waals surface area contributed by atoms with Gasteiger partial charge in [0.1, 0.15) is 11.5 Å². The van der Waals surface area contributed by atoms with Crippen LogP contribution in [0, 0.1) is 6.92 Å². The molecule has 0 unspecified atom stereocenters. The highest BCUT2D eigenvalue weighted by Gasteiger charge is 2.20. The van der Waals surface area contributed by atoms with Crippen molar-refractivity contribution < 1.29 is 9.90 Å². The summed E-state index contributed by atoms with van der Waals surface area (Å²) < 4.78 is 1.74. The van der Waals surface area contributed by atoms with Gasteiger partial charge >= 0.3 is 5.97 Å². The highest BCUT2D eigenvalue weighted by molar-refractivity contribution is 6.29. The van der Waals surface area contributed by atoms with Crippen molar-refractivity contribution >= 4 is 39.8 Å². The molecule has 8 nitrogen and oxygen atoms in total. The van der Waals surface area contributed by atoms with E-state index in [2.05, 4.69) is 20.4 Å². The van der Waals surface area contributed by atoms with Gasteiger partial charge in [-0.25, -0.2) is 19.7 Å². The lowest BCUT2D eigenvalue weighted by Gasteiger charge is -2.20. The number of carbonyl (C=O) groups is 1. The largest absolute Gasteiger partial charge is 0.476 e. The van der Waals surface area contributed by atoms with Gasteiger partial charge in [-0.15, -0.1) is 0 Å². The normalized spacial score (nSPS) is 12.2. The summed E-state index contributed by atoms with van der Waals surface area (Å²) in [5, 5.41) is 18.2. The topological polar surface area (TPSA) is 105 Å². The number of rotatable bonds is 5. The zero-order valence-corrected chi connectivity index (χ0v) is 18.6. The monoisotopic (exact) mass is 458 g/mol. The van der Waals surface area contributed by atoms with Crippen LogP contribution in [0.25, 0.3) is 27.9 Å². The Hall–Kier alpha value is -4.04. The predicted molar refractivity (Wildman–Crippen MR) is 127 cm³/mol. The van der Waals surface area contributed by atoms with Gasteiger partial charge in [0.2, 0.25) is 0 Å². The van der Waals surface area contributed by atoms with Gasteiger partial charge in [-0.3, -0.25) is 0 Å². The summed E-state index contributed by atoms with van der Waals surface area (Å²) in [7, 11) is 0. The van der Waals surface area contributed by atoms with Crippen molar-refractivity contribution in [3.63, 3.8) is 0 Å². The molecule has 0 radical (unpaired) electrons. The first kappa shape index (κ1) is 20.8. The molecule has 0 aliphatic carbocycles. The zero-order chi connectivity index (χ0) is 23.1. The lowest BCUT2D eigenvalue weighted by atomic mass is 10.0. The van der Waals surface area contributed by atoms with E-state index in [0.717, 1.165) is 27.6 Å². The standard InChI is InChI=1S/C24H19ClN6O2/c1-13-10-16(14(2)28-18-8-9-19(25)29-21(18)24(32)33)20-17(11-13)23-26-12-27-31(23)22(30-20)15-6-4-3-5-7-15/h3-12,14,28H,1-2H3,(H,32,33)/t14-/m1/s1. The minimum absolute atomic E-state index is 0.120. The molecule has 0 aliphatic rings. The average molecular weight is 459 g/mol. The number of carboxylic acids is 1. The van der Waals surface area contributed by atoms with Crippen LogP contribution in [0.2, 0.25) is 5.15 Å². The van der Waals surface area contributed by atoms with Crippen LogP contribution in [0.15, 0.2) is 60.9 Å². The molecule has 3 heterocycles.